The lowest BCUT2D eigenvalue weighted by atomic mass is 9.94. The molecule has 0 atom stereocenters. The van der Waals surface area contributed by atoms with Crippen LogP contribution in [0.25, 0.3) is 10.8 Å². The Morgan fingerprint density at radius 2 is 1.71 bits per heavy atom. The number of aromatic carboxylic acids is 1. The Kier molecular flexibility index (Phi) is 2.54. The minimum Gasteiger partial charge on any atom is -0.507 e. The van der Waals surface area contributed by atoms with Gasteiger partial charge in [-0.05, 0) is 60.4 Å². The molecule has 2 rings (SSSR count). The smallest absolute Gasteiger partial charge is 0.335 e. The summed E-state index contributed by atoms with van der Waals surface area (Å²) in [4.78, 5) is 11.1. The molecule has 2 aromatic carbocycles. The molecule has 3 nitrogen and oxygen atoms in total. The molecule has 0 amide bonds. The van der Waals surface area contributed by atoms with E-state index in [0.29, 0.717) is 5.56 Å². The lowest BCUT2D eigenvalue weighted by molar-refractivity contribution is 0.0696. The zero-order chi connectivity index (χ0) is 12.7. The van der Waals surface area contributed by atoms with Crippen LogP contribution in [0.1, 0.15) is 27.0 Å². The number of carbonyl (C=O) groups is 1. The summed E-state index contributed by atoms with van der Waals surface area (Å²) in [6.45, 7) is 5.45. The van der Waals surface area contributed by atoms with E-state index in [4.69, 9.17) is 5.11 Å². The van der Waals surface area contributed by atoms with Crippen molar-refractivity contribution in [1.29, 1.82) is 0 Å². The topological polar surface area (TPSA) is 57.5 Å². The summed E-state index contributed by atoms with van der Waals surface area (Å²) in [5.74, 6) is -0.646. The van der Waals surface area contributed by atoms with E-state index in [-0.39, 0.29) is 5.75 Å². The van der Waals surface area contributed by atoms with Crippen LogP contribution in [0.15, 0.2) is 18.2 Å². The summed E-state index contributed by atoms with van der Waals surface area (Å²) < 4.78 is 0. The largest absolute Gasteiger partial charge is 0.507 e. The predicted octanol–water partition coefficient (Wildman–Crippen LogP) is 3.17. The van der Waals surface area contributed by atoms with Gasteiger partial charge in [0.05, 0.1) is 5.56 Å². The second kappa shape index (κ2) is 3.77. The van der Waals surface area contributed by atoms with Crippen molar-refractivity contribution in [1.82, 2.24) is 0 Å². The molecule has 0 radical (unpaired) electrons. The van der Waals surface area contributed by atoms with Crippen molar-refractivity contribution in [3.8, 4) is 5.75 Å². The number of benzene rings is 2. The Morgan fingerprint density at radius 1 is 1.06 bits per heavy atom. The van der Waals surface area contributed by atoms with Crippen LogP contribution >= 0.6 is 0 Å². The number of phenols is 1. The van der Waals surface area contributed by atoms with Crippen molar-refractivity contribution in [2.45, 2.75) is 20.8 Å². The van der Waals surface area contributed by atoms with Crippen molar-refractivity contribution in [3.63, 3.8) is 0 Å². The minimum absolute atomic E-state index is 0.278. The highest BCUT2D eigenvalue weighted by molar-refractivity contribution is 5.99. The normalized spacial score (nSPS) is 10.8. The fourth-order valence-corrected chi connectivity index (χ4v) is 2.18. The van der Waals surface area contributed by atoms with Gasteiger partial charge in [0.2, 0.25) is 0 Å². The molecular weight excluding hydrogens is 216 g/mol. The second-order valence-corrected chi connectivity index (χ2v) is 4.31. The molecule has 0 aromatic heterocycles. The van der Waals surface area contributed by atoms with Gasteiger partial charge in [-0.3, -0.25) is 0 Å². The molecule has 0 aliphatic rings. The molecule has 0 aliphatic carbocycles. The Bertz CT molecular complexity index is 627. The third kappa shape index (κ3) is 1.64. The summed E-state index contributed by atoms with van der Waals surface area (Å²) in [7, 11) is 0. The van der Waals surface area contributed by atoms with E-state index < -0.39 is 5.97 Å². The standard InChI is InChI=1S/C14H14O3/c1-7-6-12-8(2)11(14(16)17)5-4-10(12)9(3)13(7)15/h4-6,15H,1-3H3,(H,16,17). The third-order valence-corrected chi connectivity index (χ3v) is 3.24. The molecule has 2 N–H and O–H groups in total. The zero-order valence-corrected chi connectivity index (χ0v) is 10.0. The molecular formula is C14H14O3. The number of phenolic OH excluding ortho intramolecular Hbond substituents is 1. The van der Waals surface area contributed by atoms with Gasteiger partial charge in [0.15, 0.2) is 0 Å². The maximum absolute atomic E-state index is 11.1. The van der Waals surface area contributed by atoms with Gasteiger partial charge in [0.1, 0.15) is 5.75 Å². The molecule has 2 aromatic rings. The first-order valence-corrected chi connectivity index (χ1v) is 5.39. The third-order valence-electron chi connectivity index (χ3n) is 3.24. The van der Waals surface area contributed by atoms with Gasteiger partial charge in [0.25, 0.3) is 0 Å². The summed E-state index contributed by atoms with van der Waals surface area (Å²) in [5.41, 5.74) is 2.60. The van der Waals surface area contributed by atoms with E-state index >= 15 is 0 Å². The van der Waals surface area contributed by atoms with Crippen LogP contribution in [-0.4, -0.2) is 16.2 Å². The maximum Gasteiger partial charge on any atom is 0.335 e. The van der Waals surface area contributed by atoms with Crippen LogP contribution in [0.5, 0.6) is 5.75 Å². The van der Waals surface area contributed by atoms with Crippen LogP contribution < -0.4 is 0 Å². The predicted molar refractivity (Wildman–Crippen MR) is 66.8 cm³/mol. The number of carboxylic acids is 1. The number of hydrogen-bond acceptors (Lipinski definition) is 2. The van der Waals surface area contributed by atoms with E-state index in [1.54, 1.807) is 19.1 Å². The monoisotopic (exact) mass is 230 g/mol. The quantitative estimate of drug-likeness (QED) is 0.791. The van der Waals surface area contributed by atoms with Gasteiger partial charge in [0, 0.05) is 0 Å². The lowest BCUT2D eigenvalue weighted by Crippen LogP contribution is -2.00. The second-order valence-electron chi connectivity index (χ2n) is 4.31. The van der Waals surface area contributed by atoms with Crippen molar-refractivity contribution in [2.75, 3.05) is 0 Å². The van der Waals surface area contributed by atoms with E-state index in [0.717, 1.165) is 27.5 Å². The Balaban J connectivity index is 2.92. The minimum atomic E-state index is -0.923. The SMILES string of the molecule is Cc1cc2c(C)c(C(=O)O)ccc2c(C)c1O. The van der Waals surface area contributed by atoms with Crippen LogP contribution in [0.2, 0.25) is 0 Å². The van der Waals surface area contributed by atoms with Crippen LogP contribution in [-0.2, 0) is 0 Å². The molecule has 0 heterocycles. The number of aryl methyl sites for hydroxylation is 3. The highest BCUT2D eigenvalue weighted by Gasteiger charge is 2.13. The van der Waals surface area contributed by atoms with Crippen LogP contribution in [0.3, 0.4) is 0 Å². The van der Waals surface area contributed by atoms with E-state index in [2.05, 4.69) is 0 Å². The summed E-state index contributed by atoms with van der Waals surface area (Å²) in [6, 6.07) is 5.17. The molecule has 3 heteroatoms. The number of aromatic hydroxyl groups is 1. The van der Waals surface area contributed by atoms with Crippen LogP contribution in [0, 0.1) is 20.8 Å². The van der Waals surface area contributed by atoms with E-state index in [9.17, 15) is 9.90 Å². The van der Waals surface area contributed by atoms with E-state index in [1.165, 1.54) is 0 Å². The fourth-order valence-electron chi connectivity index (χ4n) is 2.18. The van der Waals surface area contributed by atoms with E-state index in [1.807, 2.05) is 19.9 Å². The molecule has 0 saturated carbocycles. The van der Waals surface area contributed by atoms with Crippen molar-refractivity contribution < 1.29 is 15.0 Å². The average Bonchev–Trinajstić information content (AvgIpc) is 2.27. The molecule has 88 valence electrons. The highest BCUT2D eigenvalue weighted by Crippen LogP contribution is 2.32. The zero-order valence-electron chi connectivity index (χ0n) is 10.0. The van der Waals surface area contributed by atoms with Gasteiger partial charge in [-0.25, -0.2) is 4.79 Å². The molecule has 0 spiro atoms. The highest BCUT2D eigenvalue weighted by atomic mass is 16.4. The first kappa shape index (κ1) is 11.5. The number of hydrogen-bond donors (Lipinski definition) is 2. The van der Waals surface area contributed by atoms with Crippen LogP contribution in [0.4, 0.5) is 0 Å². The van der Waals surface area contributed by atoms with Gasteiger partial charge in [-0.15, -0.1) is 0 Å². The van der Waals surface area contributed by atoms with Gasteiger partial charge < -0.3 is 10.2 Å². The lowest BCUT2D eigenvalue weighted by Gasteiger charge is -2.11. The summed E-state index contributed by atoms with van der Waals surface area (Å²) in [5, 5.41) is 20.7. The Labute approximate surface area is 99.3 Å². The molecule has 0 aliphatic heterocycles. The summed E-state index contributed by atoms with van der Waals surface area (Å²) >= 11 is 0. The summed E-state index contributed by atoms with van der Waals surface area (Å²) in [6.07, 6.45) is 0. The van der Waals surface area contributed by atoms with Gasteiger partial charge in [-0.2, -0.15) is 0 Å². The van der Waals surface area contributed by atoms with Crippen molar-refractivity contribution in [2.24, 2.45) is 0 Å². The first-order valence-electron chi connectivity index (χ1n) is 5.39. The first-order chi connectivity index (χ1) is 7.93. The number of fused-ring (bicyclic) bond motifs is 1. The number of rotatable bonds is 1. The maximum atomic E-state index is 11.1. The molecule has 0 saturated heterocycles. The van der Waals surface area contributed by atoms with Crippen molar-refractivity contribution in [3.05, 3.63) is 40.5 Å². The van der Waals surface area contributed by atoms with Gasteiger partial charge in [-0.1, -0.05) is 6.07 Å². The molecule has 0 bridgehead atoms. The number of carboxylic acid groups (broad SMARTS) is 1. The Morgan fingerprint density at radius 3 is 2.29 bits per heavy atom. The molecule has 0 fully saturated rings. The van der Waals surface area contributed by atoms with Crippen molar-refractivity contribution >= 4 is 16.7 Å². The Hall–Kier alpha value is -2.03. The molecule has 0 unspecified atom stereocenters. The van der Waals surface area contributed by atoms with Gasteiger partial charge >= 0.3 is 5.97 Å². The average molecular weight is 230 g/mol. The molecule has 17 heavy (non-hydrogen) atoms. The fraction of sp³-hybridized carbons (Fsp3) is 0.214.